The zero-order valence-corrected chi connectivity index (χ0v) is 50.2. The van der Waals surface area contributed by atoms with Crippen LogP contribution in [0.25, 0.3) is 0 Å². The van der Waals surface area contributed by atoms with E-state index in [2.05, 4.69) is 79.9 Å². The Morgan fingerprint density at radius 1 is 0.486 bits per heavy atom. The third kappa shape index (κ3) is 57.6. The second-order valence-electron chi connectivity index (χ2n) is 22.4. The Bertz CT molecular complexity index is 1430. The number of allylic oxidation sites excluding steroid dienone is 11. The second-order valence-corrected chi connectivity index (χ2v) is 23.8. The summed E-state index contributed by atoms with van der Waals surface area (Å²) < 4.78 is 23.4. The number of phosphoric ester groups is 1. The molecule has 0 spiro atoms. The smallest absolute Gasteiger partial charge is 0.268 e. The van der Waals surface area contributed by atoms with E-state index in [0.29, 0.717) is 17.4 Å². The highest BCUT2D eigenvalue weighted by Gasteiger charge is 2.23. The van der Waals surface area contributed by atoms with Gasteiger partial charge in [0, 0.05) is 6.42 Å². The average Bonchev–Trinajstić information content (AvgIpc) is 3.36. The number of carbonyl (C=O) groups excluding carboxylic acids is 1. The lowest BCUT2D eigenvalue weighted by Crippen LogP contribution is -2.45. The van der Waals surface area contributed by atoms with E-state index in [1.54, 1.807) is 6.08 Å². The molecule has 0 aromatic rings. The maximum atomic E-state index is 13.0. The Morgan fingerprint density at radius 2 is 0.824 bits per heavy atom. The van der Waals surface area contributed by atoms with Crippen LogP contribution in [0.2, 0.25) is 0 Å². The lowest BCUT2D eigenvalue weighted by molar-refractivity contribution is -0.870. The van der Waals surface area contributed by atoms with Crippen LogP contribution in [0.3, 0.4) is 0 Å². The van der Waals surface area contributed by atoms with Gasteiger partial charge in [-0.15, -0.1) is 0 Å². The molecule has 0 radical (unpaired) electrons. The minimum absolute atomic E-state index is 0.00117. The molecule has 9 heteroatoms. The van der Waals surface area contributed by atoms with Gasteiger partial charge in [0.2, 0.25) is 5.91 Å². The molecule has 0 rings (SSSR count). The lowest BCUT2D eigenvalue weighted by Gasteiger charge is -2.29. The van der Waals surface area contributed by atoms with E-state index >= 15 is 0 Å². The summed E-state index contributed by atoms with van der Waals surface area (Å²) in [4.78, 5) is 25.5. The van der Waals surface area contributed by atoms with Gasteiger partial charge in [0.1, 0.15) is 13.2 Å². The van der Waals surface area contributed by atoms with Crippen LogP contribution in [0.5, 0.6) is 0 Å². The van der Waals surface area contributed by atoms with Gasteiger partial charge in [0.15, 0.2) is 0 Å². The number of quaternary nitrogens is 1. The average molecular weight is 1060 g/mol. The quantitative estimate of drug-likeness (QED) is 0.0272. The van der Waals surface area contributed by atoms with Gasteiger partial charge in [0.25, 0.3) is 7.82 Å². The highest BCUT2D eigenvalue weighted by molar-refractivity contribution is 7.45. The van der Waals surface area contributed by atoms with Crippen molar-refractivity contribution in [2.75, 3.05) is 40.9 Å². The Morgan fingerprint density at radius 3 is 1.20 bits per heavy atom. The summed E-state index contributed by atoms with van der Waals surface area (Å²) in [6.07, 6.45) is 77.1. The van der Waals surface area contributed by atoms with Crippen molar-refractivity contribution in [3.63, 3.8) is 0 Å². The van der Waals surface area contributed by atoms with Crippen LogP contribution in [0.15, 0.2) is 72.9 Å². The number of nitrogens with one attached hydrogen (secondary N) is 1. The Kier molecular flexibility index (Phi) is 54.1. The van der Waals surface area contributed by atoms with Crippen LogP contribution in [0.1, 0.15) is 284 Å². The Balaban J connectivity index is 4.03. The SMILES string of the molecule is CC/C=C\C/C=C\C/C=C\C/C=C\C/C=C\CCCCCCCCCCCCCCCCCCCCCC(=O)NC(COP(=O)([O-])OCC[N+](C)(C)C)C(O)/C=C/CCCCCCCCCCCCCCCCC. The summed E-state index contributed by atoms with van der Waals surface area (Å²) in [5, 5.41) is 13.9. The number of unbranched alkanes of at least 4 members (excludes halogenated alkanes) is 34. The van der Waals surface area contributed by atoms with E-state index in [1.165, 1.54) is 193 Å². The van der Waals surface area contributed by atoms with E-state index < -0.39 is 20.0 Å². The molecule has 0 fully saturated rings. The molecule has 3 atom stereocenters. The number of hydrogen-bond acceptors (Lipinski definition) is 6. The first-order chi connectivity index (χ1) is 36.0. The Labute approximate surface area is 459 Å². The van der Waals surface area contributed by atoms with Gasteiger partial charge in [0.05, 0.1) is 39.9 Å². The number of amides is 1. The molecule has 0 aliphatic heterocycles. The first-order valence-electron chi connectivity index (χ1n) is 31.3. The fraction of sp³-hybridized carbons (Fsp3) is 0.800. The minimum atomic E-state index is -4.60. The molecule has 8 nitrogen and oxygen atoms in total. The molecular formula is C65H121N2O6P. The van der Waals surface area contributed by atoms with Gasteiger partial charge in [-0.25, -0.2) is 0 Å². The van der Waals surface area contributed by atoms with Gasteiger partial charge in [-0.3, -0.25) is 9.36 Å². The van der Waals surface area contributed by atoms with E-state index in [-0.39, 0.29) is 19.1 Å². The van der Waals surface area contributed by atoms with Crippen LogP contribution in [0.4, 0.5) is 0 Å². The summed E-state index contributed by atoms with van der Waals surface area (Å²) >= 11 is 0. The molecule has 432 valence electrons. The Hall–Kier alpha value is -2.06. The molecule has 0 aromatic heterocycles. The number of aliphatic hydroxyl groups is 1. The molecule has 0 saturated carbocycles. The maximum Gasteiger partial charge on any atom is 0.268 e. The largest absolute Gasteiger partial charge is 0.756 e. The highest BCUT2D eigenvalue weighted by atomic mass is 31.2. The molecule has 0 heterocycles. The van der Waals surface area contributed by atoms with Gasteiger partial charge >= 0.3 is 0 Å². The van der Waals surface area contributed by atoms with E-state index in [4.69, 9.17) is 9.05 Å². The van der Waals surface area contributed by atoms with Crippen molar-refractivity contribution >= 4 is 13.7 Å². The maximum absolute atomic E-state index is 13.0. The molecule has 0 aliphatic rings. The van der Waals surface area contributed by atoms with Crippen molar-refractivity contribution in [1.82, 2.24) is 5.32 Å². The zero-order chi connectivity index (χ0) is 54.2. The van der Waals surface area contributed by atoms with E-state index in [0.717, 1.165) is 70.6 Å². The van der Waals surface area contributed by atoms with Crippen molar-refractivity contribution in [3.8, 4) is 0 Å². The standard InChI is InChI=1S/C65H121N2O6P/c1-6-8-10-12-14-16-18-20-22-24-25-26-27-28-29-30-31-32-33-34-35-36-37-38-39-40-41-43-45-47-49-51-53-55-57-59-65(69)66-63(62-73-74(70,71)72-61-60-67(3,4)5)64(68)58-56-54-52-50-48-46-44-42-23-21-19-17-15-13-11-9-7-2/h8,10,14,16,20,22,25-26,28-29,56,58,63-64,68H,6-7,9,11-13,15,17-19,21,23-24,27,30-55,57,59-62H2,1-5H3,(H-,66,69,70,71)/b10-8-,16-14-,22-20-,26-25-,29-28-,58-56+. The van der Waals surface area contributed by atoms with E-state index in [1.807, 2.05) is 27.2 Å². The van der Waals surface area contributed by atoms with Crippen molar-refractivity contribution in [2.24, 2.45) is 0 Å². The first kappa shape index (κ1) is 71.9. The summed E-state index contributed by atoms with van der Waals surface area (Å²) in [6.45, 7) is 4.56. The molecule has 3 unspecified atom stereocenters. The number of likely N-dealkylation sites (N-methyl/N-ethyl adjacent to an activating group) is 1. The molecule has 0 aromatic carbocycles. The molecule has 0 saturated heterocycles. The van der Waals surface area contributed by atoms with Gasteiger partial charge in [-0.05, 0) is 64.2 Å². The van der Waals surface area contributed by atoms with E-state index in [9.17, 15) is 19.4 Å². The zero-order valence-electron chi connectivity index (χ0n) is 49.3. The van der Waals surface area contributed by atoms with Gasteiger partial charge < -0.3 is 28.8 Å². The fourth-order valence-corrected chi connectivity index (χ4v) is 9.79. The van der Waals surface area contributed by atoms with Crippen LogP contribution in [0, 0.1) is 0 Å². The molecular weight excluding hydrogens is 936 g/mol. The summed E-state index contributed by atoms with van der Waals surface area (Å²) in [5.41, 5.74) is 0. The predicted octanol–water partition coefficient (Wildman–Crippen LogP) is 18.8. The van der Waals surface area contributed by atoms with Crippen molar-refractivity contribution < 1.29 is 32.9 Å². The monoisotopic (exact) mass is 1060 g/mol. The number of carbonyl (C=O) groups is 1. The lowest BCUT2D eigenvalue weighted by atomic mass is 10.0. The molecule has 1 amide bonds. The van der Waals surface area contributed by atoms with Crippen LogP contribution < -0.4 is 10.2 Å². The first-order valence-corrected chi connectivity index (χ1v) is 32.8. The number of nitrogens with zero attached hydrogens (tertiary/aromatic N) is 1. The molecule has 0 aliphatic carbocycles. The highest BCUT2D eigenvalue weighted by Crippen LogP contribution is 2.38. The molecule has 2 N–H and O–H groups in total. The number of rotatable bonds is 57. The summed E-state index contributed by atoms with van der Waals surface area (Å²) in [7, 11) is 1.27. The third-order valence-electron chi connectivity index (χ3n) is 13.9. The topological polar surface area (TPSA) is 108 Å². The fourth-order valence-electron chi connectivity index (χ4n) is 9.06. The third-order valence-corrected chi connectivity index (χ3v) is 14.9. The number of aliphatic hydroxyl groups excluding tert-OH is 1. The van der Waals surface area contributed by atoms with Crippen molar-refractivity contribution in [3.05, 3.63) is 72.9 Å². The second kappa shape index (κ2) is 55.7. The summed E-state index contributed by atoms with van der Waals surface area (Å²) in [5.74, 6) is -0.195. The number of hydrogen-bond donors (Lipinski definition) is 2. The normalized spacial score (nSPS) is 14.3. The van der Waals surface area contributed by atoms with Crippen LogP contribution >= 0.6 is 7.82 Å². The van der Waals surface area contributed by atoms with Gasteiger partial charge in [-0.2, -0.15) is 0 Å². The van der Waals surface area contributed by atoms with Crippen LogP contribution in [-0.2, 0) is 18.4 Å². The predicted molar refractivity (Wildman–Crippen MR) is 320 cm³/mol. The molecule has 0 bridgehead atoms. The summed E-state index contributed by atoms with van der Waals surface area (Å²) in [6, 6.07) is -0.888. The number of phosphoric acid groups is 1. The van der Waals surface area contributed by atoms with Crippen LogP contribution in [-0.4, -0.2) is 68.5 Å². The van der Waals surface area contributed by atoms with Crippen molar-refractivity contribution in [1.29, 1.82) is 0 Å². The molecule has 74 heavy (non-hydrogen) atoms. The van der Waals surface area contributed by atoms with Crippen molar-refractivity contribution in [2.45, 2.75) is 296 Å². The minimum Gasteiger partial charge on any atom is -0.756 e. The van der Waals surface area contributed by atoms with Gasteiger partial charge in [-0.1, -0.05) is 286 Å².